The lowest BCUT2D eigenvalue weighted by atomic mass is 10.2. The summed E-state index contributed by atoms with van der Waals surface area (Å²) in [5.41, 5.74) is -0.0365. The van der Waals surface area contributed by atoms with E-state index < -0.39 is 4.92 Å². The van der Waals surface area contributed by atoms with Crippen LogP contribution in [-0.2, 0) is 0 Å². The molecule has 1 unspecified atom stereocenters. The van der Waals surface area contributed by atoms with Gasteiger partial charge in [-0.25, -0.2) is 9.97 Å². The SMILES string of the molecule is CC(CNc1ncc(C#N)cc1[N+](=O)[O-])c1nccs1. The summed E-state index contributed by atoms with van der Waals surface area (Å²) in [6.07, 6.45) is 3.03. The third kappa shape index (κ3) is 3.07. The summed E-state index contributed by atoms with van der Waals surface area (Å²) in [6, 6.07) is 3.05. The van der Waals surface area contributed by atoms with E-state index in [2.05, 4.69) is 15.3 Å². The molecule has 0 saturated carbocycles. The molecule has 1 N–H and O–H groups in total. The van der Waals surface area contributed by atoms with Gasteiger partial charge in [-0.05, 0) is 0 Å². The lowest BCUT2D eigenvalue weighted by Gasteiger charge is -2.10. The first-order valence-corrected chi connectivity index (χ1v) is 6.67. The van der Waals surface area contributed by atoms with Crippen molar-refractivity contribution in [3.05, 3.63) is 44.5 Å². The van der Waals surface area contributed by atoms with Crippen LogP contribution in [-0.4, -0.2) is 21.4 Å². The predicted octanol–water partition coefficient (Wildman–Crippen LogP) is 2.53. The third-order valence-electron chi connectivity index (χ3n) is 2.64. The van der Waals surface area contributed by atoms with Crippen molar-refractivity contribution in [2.75, 3.05) is 11.9 Å². The van der Waals surface area contributed by atoms with E-state index in [1.807, 2.05) is 18.4 Å². The Kier molecular flexibility index (Phi) is 4.22. The minimum Gasteiger partial charge on any atom is -0.364 e. The molecule has 102 valence electrons. The van der Waals surface area contributed by atoms with E-state index in [0.29, 0.717) is 6.54 Å². The number of hydrogen-bond acceptors (Lipinski definition) is 7. The lowest BCUT2D eigenvalue weighted by Crippen LogP contribution is -2.12. The zero-order valence-electron chi connectivity index (χ0n) is 10.6. The number of aromatic nitrogens is 2. The molecule has 0 radical (unpaired) electrons. The van der Waals surface area contributed by atoms with Crippen molar-refractivity contribution in [1.29, 1.82) is 5.26 Å². The first kappa shape index (κ1) is 13.9. The van der Waals surface area contributed by atoms with Gasteiger partial charge in [0, 0.05) is 36.3 Å². The molecule has 0 aliphatic rings. The van der Waals surface area contributed by atoms with Crippen molar-refractivity contribution < 1.29 is 4.92 Å². The molecule has 2 aromatic rings. The van der Waals surface area contributed by atoms with Gasteiger partial charge in [0.1, 0.15) is 6.07 Å². The van der Waals surface area contributed by atoms with Crippen LogP contribution < -0.4 is 5.32 Å². The Morgan fingerprint density at radius 3 is 3.00 bits per heavy atom. The molecular weight excluding hydrogens is 278 g/mol. The van der Waals surface area contributed by atoms with Crippen LogP contribution in [0.25, 0.3) is 0 Å². The highest BCUT2D eigenvalue weighted by Crippen LogP contribution is 2.24. The zero-order valence-corrected chi connectivity index (χ0v) is 11.4. The number of rotatable bonds is 5. The van der Waals surface area contributed by atoms with E-state index in [9.17, 15) is 10.1 Å². The molecule has 2 heterocycles. The van der Waals surface area contributed by atoms with Gasteiger partial charge >= 0.3 is 5.69 Å². The molecular formula is C12H11N5O2S. The summed E-state index contributed by atoms with van der Waals surface area (Å²) >= 11 is 1.53. The highest BCUT2D eigenvalue weighted by atomic mass is 32.1. The molecule has 7 nitrogen and oxygen atoms in total. The summed E-state index contributed by atoms with van der Waals surface area (Å²) in [5.74, 6) is 0.282. The van der Waals surface area contributed by atoms with Crippen LogP contribution in [0.1, 0.15) is 23.4 Å². The molecule has 0 aliphatic heterocycles. The zero-order chi connectivity index (χ0) is 14.5. The van der Waals surface area contributed by atoms with Crippen LogP contribution >= 0.6 is 11.3 Å². The van der Waals surface area contributed by atoms with Crippen LogP contribution in [0.2, 0.25) is 0 Å². The molecule has 0 aromatic carbocycles. The Bertz CT molecular complexity index is 650. The first-order chi connectivity index (χ1) is 9.61. The van der Waals surface area contributed by atoms with Gasteiger partial charge in [-0.3, -0.25) is 10.1 Å². The fourth-order valence-corrected chi connectivity index (χ4v) is 2.30. The molecule has 1 atom stereocenters. The van der Waals surface area contributed by atoms with Crippen LogP contribution in [0, 0.1) is 21.4 Å². The van der Waals surface area contributed by atoms with Gasteiger partial charge in [-0.1, -0.05) is 6.92 Å². The minimum absolute atomic E-state index is 0.118. The largest absolute Gasteiger partial charge is 0.364 e. The molecule has 20 heavy (non-hydrogen) atoms. The number of thiazole rings is 1. The van der Waals surface area contributed by atoms with E-state index in [1.165, 1.54) is 23.6 Å². The molecule has 2 rings (SSSR count). The fraction of sp³-hybridized carbons (Fsp3) is 0.250. The number of nitrogens with zero attached hydrogens (tertiary/aromatic N) is 4. The second kappa shape index (κ2) is 6.08. The standard InChI is InChI=1S/C12H11N5O2S/c1-8(12-14-2-3-20-12)6-15-11-10(17(18)19)4-9(5-13)7-16-11/h2-4,7-8H,6H2,1H3,(H,15,16). The molecule has 0 fully saturated rings. The highest BCUT2D eigenvalue weighted by molar-refractivity contribution is 7.09. The normalized spacial score (nSPS) is 11.6. The molecule has 8 heteroatoms. The second-order valence-corrected chi connectivity index (χ2v) is 5.04. The van der Waals surface area contributed by atoms with Crippen LogP contribution in [0.5, 0.6) is 0 Å². The van der Waals surface area contributed by atoms with Crippen molar-refractivity contribution in [1.82, 2.24) is 9.97 Å². The van der Waals surface area contributed by atoms with Crippen LogP contribution in [0.4, 0.5) is 11.5 Å². The number of nitrogens with one attached hydrogen (secondary N) is 1. The van der Waals surface area contributed by atoms with Gasteiger partial charge in [0.15, 0.2) is 0 Å². The predicted molar refractivity (Wildman–Crippen MR) is 74.6 cm³/mol. The third-order valence-corrected chi connectivity index (χ3v) is 3.65. The van der Waals surface area contributed by atoms with Gasteiger partial charge in [-0.2, -0.15) is 5.26 Å². The van der Waals surface area contributed by atoms with E-state index in [1.54, 1.807) is 6.20 Å². The molecule has 0 amide bonds. The lowest BCUT2D eigenvalue weighted by molar-refractivity contribution is -0.384. The fourth-order valence-electron chi connectivity index (χ4n) is 1.60. The van der Waals surface area contributed by atoms with Gasteiger partial charge in [0.05, 0.1) is 15.5 Å². The quantitative estimate of drug-likeness (QED) is 0.669. The number of anilines is 1. The van der Waals surface area contributed by atoms with Crippen molar-refractivity contribution >= 4 is 22.8 Å². The van der Waals surface area contributed by atoms with E-state index in [0.717, 1.165) is 5.01 Å². The van der Waals surface area contributed by atoms with E-state index in [-0.39, 0.29) is 23.0 Å². The number of nitro groups is 1. The van der Waals surface area contributed by atoms with Gasteiger partial charge in [0.25, 0.3) is 0 Å². The Morgan fingerprint density at radius 2 is 2.40 bits per heavy atom. The summed E-state index contributed by atoms with van der Waals surface area (Å²) in [4.78, 5) is 18.5. The maximum atomic E-state index is 11.0. The maximum absolute atomic E-state index is 11.0. The Morgan fingerprint density at radius 1 is 1.60 bits per heavy atom. The minimum atomic E-state index is -0.551. The van der Waals surface area contributed by atoms with Crippen molar-refractivity contribution in [2.24, 2.45) is 0 Å². The first-order valence-electron chi connectivity index (χ1n) is 5.79. The number of nitriles is 1. The Hall–Kier alpha value is -2.53. The molecule has 0 spiro atoms. The van der Waals surface area contributed by atoms with Crippen molar-refractivity contribution in [3.8, 4) is 6.07 Å². The van der Waals surface area contributed by atoms with Gasteiger partial charge in [0.2, 0.25) is 5.82 Å². The van der Waals surface area contributed by atoms with E-state index >= 15 is 0 Å². The van der Waals surface area contributed by atoms with E-state index in [4.69, 9.17) is 5.26 Å². The molecule has 0 saturated heterocycles. The monoisotopic (exact) mass is 289 g/mol. The smallest absolute Gasteiger partial charge is 0.312 e. The topological polar surface area (TPSA) is 105 Å². The average Bonchev–Trinajstić information content (AvgIpc) is 2.98. The van der Waals surface area contributed by atoms with Gasteiger partial charge < -0.3 is 5.32 Å². The molecule has 0 bridgehead atoms. The Balaban J connectivity index is 2.13. The summed E-state index contributed by atoms with van der Waals surface area (Å²) in [7, 11) is 0. The molecule has 2 aromatic heterocycles. The Labute approximate surface area is 119 Å². The second-order valence-electron chi connectivity index (χ2n) is 4.11. The number of hydrogen-bond donors (Lipinski definition) is 1. The maximum Gasteiger partial charge on any atom is 0.312 e. The van der Waals surface area contributed by atoms with Crippen LogP contribution in [0.3, 0.4) is 0 Å². The highest BCUT2D eigenvalue weighted by Gasteiger charge is 2.17. The van der Waals surface area contributed by atoms with Crippen molar-refractivity contribution in [3.63, 3.8) is 0 Å². The summed E-state index contributed by atoms with van der Waals surface area (Å²) in [5, 5.41) is 25.5. The average molecular weight is 289 g/mol. The van der Waals surface area contributed by atoms with Crippen molar-refractivity contribution in [2.45, 2.75) is 12.8 Å². The molecule has 0 aliphatic carbocycles. The summed E-state index contributed by atoms with van der Waals surface area (Å²) < 4.78 is 0. The number of pyridine rings is 1. The summed E-state index contributed by atoms with van der Waals surface area (Å²) in [6.45, 7) is 2.45. The van der Waals surface area contributed by atoms with Crippen LogP contribution in [0.15, 0.2) is 23.8 Å². The van der Waals surface area contributed by atoms with Gasteiger partial charge in [-0.15, -0.1) is 11.3 Å².